The molecule has 2 fully saturated rings. The van der Waals surface area contributed by atoms with Gasteiger partial charge in [0.15, 0.2) is 5.82 Å². The van der Waals surface area contributed by atoms with E-state index in [1.807, 2.05) is 16.7 Å². The minimum Gasteiger partial charge on any atom is -0.342 e. The number of hydrogen-bond donors (Lipinski definition) is 1. The van der Waals surface area contributed by atoms with Crippen LogP contribution >= 0.6 is 0 Å². The molecule has 0 radical (unpaired) electrons. The number of carbonyl (C=O) groups is 2. The van der Waals surface area contributed by atoms with E-state index in [-0.39, 0.29) is 23.1 Å². The van der Waals surface area contributed by atoms with Crippen molar-refractivity contribution >= 4 is 11.8 Å². The summed E-state index contributed by atoms with van der Waals surface area (Å²) in [4.78, 5) is 37.1. The van der Waals surface area contributed by atoms with E-state index in [2.05, 4.69) is 20.2 Å². The van der Waals surface area contributed by atoms with Crippen LogP contribution in [0.1, 0.15) is 35.4 Å². The van der Waals surface area contributed by atoms with Crippen LogP contribution in [0.15, 0.2) is 24.5 Å². The first-order valence-corrected chi connectivity index (χ1v) is 8.84. The normalized spacial score (nSPS) is 25.2. The Morgan fingerprint density at radius 2 is 1.96 bits per heavy atom. The van der Waals surface area contributed by atoms with Gasteiger partial charge in [-0.15, -0.1) is 0 Å². The van der Waals surface area contributed by atoms with Crippen molar-refractivity contribution in [3.8, 4) is 0 Å². The van der Waals surface area contributed by atoms with Crippen LogP contribution in [-0.4, -0.2) is 68.0 Å². The highest BCUT2D eigenvalue weighted by molar-refractivity contribution is 5.94. The Balaban J connectivity index is 1.62. The van der Waals surface area contributed by atoms with Crippen LogP contribution in [0, 0.1) is 12.8 Å². The topological polar surface area (TPSA) is 95.1 Å². The highest BCUT2D eigenvalue weighted by Gasteiger charge is 2.54. The average Bonchev–Trinajstić information content (AvgIpc) is 3.25. The Morgan fingerprint density at radius 1 is 1.23 bits per heavy atom. The lowest BCUT2D eigenvalue weighted by molar-refractivity contribution is -0.128. The van der Waals surface area contributed by atoms with Gasteiger partial charge in [0, 0.05) is 57.0 Å². The fourth-order valence-corrected chi connectivity index (χ4v) is 4.21. The summed E-state index contributed by atoms with van der Waals surface area (Å²) in [5.41, 5.74) is 0.355. The Hall–Kier alpha value is -2.77. The lowest BCUT2D eigenvalue weighted by atomic mass is 9.71. The van der Waals surface area contributed by atoms with Crippen molar-refractivity contribution in [2.75, 3.05) is 26.2 Å². The molecule has 0 spiro atoms. The van der Waals surface area contributed by atoms with E-state index < -0.39 is 0 Å². The molecule has 1 N–H and O–H groups in total. The minimum absolute atomic E-state index is 0.00782. The molecule has 2 aliphatic rings. The van der Waals surface area contributed by atoms with Gasteiger partial charge in [-0.05, 0) is 25.5 Å². The number of rotatable bonds is 2. The van der Waals surface area contributed by atoms with Crippen LogP contribution < -0.4 is 0 Å². The van der Waals surface area contributed by atoms with Crippen LogP contribution in [0.3, 0.4) is 0 Å². The monoisotopic (exact) mass is 354 g/mol. The third kappa shape index (κ3) is 2.65. The summed E-state index contributed by atoms with van der Waals surface area (Å²) >= 11 is 0. The molecular formula is C18H22N6O2. The first-order chi connectivity index (χ1) is 12.5. The van der Waals surface area contributed by atoms with Crippen molar-refractivity contribution in [2.45, 2.75) is 25.7 Å². The number of carbonyl (C=O) groups excluding carboxylic acids is 2. The molecule has 0 aliphatic carbocycles. The molecule has 8 heteroatoms. The Labute approximate surface area is 151 Å². The van der Waals surface area contributed by atoms with Crippen molar-refractivity contribution in [1.29, 1.82) is 0 Å². The molecular weight excluding hydrogens is 332 g/mol. The second-order valence-corrected chi connectivity index (χ2v) is 7.23. The molecule has 26 heavy (non-hydrogen) atoms. The van der Waals surface area contributed by atoms with E-state index in [1.165, 1.54) is 0 Å². The fourth-order valence-electron chi connectivity index (χ4n) is 4.21. The molecule has 0 bridgehead atoms. The van der Waals surface area contributed by atoms with E-state index in [1.54, 1.807) is 31.5 Å². The van der Waals surface area contributed by atoms with E-state index in [0.717, 1.165) is 18.1 Å². The maximum Gasteiger partial charge on any atom is 0.253 e. The van der Waals surface area contributed by atoms with E-state index in [4.69, 9.17) is 0 Å². The predicted octanol–water partition coefficient (Wildman–Crippen LogP) is 0.770. The molecule has 2 saturated heterocycles. The van der Waals surface area contributed by atoms with Gasteiger partial charge in [0.1, 0.15) is 5.82 Å². The highest BCUT2D eigenvalue weighted by atomic mass is 16.2. The third-order valence-corrected chi connectivity index (χ3v) is 5.67. The fraction of sp³-hybridized carbons (Fsp3) is 0.500. The second-order valence-electron chi connectivity index (χ2n) is 7.23. The Morgan fingerprint density at radius 3 is 2.62 bits per heavy atom. The van der Waals surface area contributed by atoms with Gasteiger partial charge >= 0.3 is 0 Å². The van der Waals surface area contributed by atoms with E-state index in [0.29, 0.717) is 31.7 Å². The number of H-pyrrole nitrogens is 1. The maximum atomic E-state index is 12.8. The zero-order valence-electron chi connectivity index (χ0n) is 15.0. The molecule has 2 aromatic heterocycles. The van der Waals surface area contributed by atoms with Gasteiger partial charge in [-0.3, -0.25) is 19.7 Å². The zero-order valence-corrected chi connectivity index (χ0v) is 15.0. The molecule has 0 saturated carbocycles. The molecule has 8 nitrogen and oxygen atoms in total. The van der Waals surface area contributed by atoms with Crippen LogP contribution in [-0.2, 0) is 10.2 Å². The smallest absolute Gasteiger partial charge is 0.253 e. The highest BCUT2D eigenvalue weighted by Crippen LogP contribution is 2.44. The van der Waals surface area contributed by atoms with Gasteiger partial charge in [-0.25, -0.2) is 4.98 Å². The summed E-state index contributed by atoms with van der Waals surface area (Å²) in [6.45, 7) is 5.93. The van der Waals surface area contributed by atoms with Crippen LogP contribution in [0.25, 0.3) is 0 Å². The maximum absolute atomic E-state index is 12.8. The molecule has 2 amide bonds. The summed E-state index contributed by atoms with van der Waals surface area (Å²) < 4.78 is 0. The van der Waals surface area contributed by atoms with Gasteiger partial charge in [-0.2, -0.15) is 5.10 Å². The van der Waals surface area contributed by atoms with Crippen LogP contribution in [0.4, 0.5) is 0 Å². The summed E-state index contributed by atoms with van der Waals surface area (Å²) in [6, 6.07) is 3.47. The van der Waals surface area contributed by atoms with Crippen molar-refractivity contribution in [2.24, 2.45) is 5.92 Å². The third-order valence-electron chi connectivity index (χ3n) is 5.67. The second kappa shape index (κ2) is 6.19. The van der Waals surface area contributed by atoms with Gasteiger partial charge in [0.25, 0.3) is 5.91 Å². The van der Waals surface area contributed by atoms with Crippen molar-refractivity contribution < 1.29 is 9.59 Å². The zero-order chi connectivity index (χ0) is 18.3. The van der Waals surface area contributed by atoms with Crippen molar-refractivity contribution in [1.82, 2.24) is 30.0 Å². The largest absolute Gasteiger partial charge is 0.342 e. The van der Waals surface area contributed by atoms with Gasteiger partial charge < -0.3 is 9.80 Å². The van der Waals surface area contributed by atoms with Gasteiger partial charge in [0.05, 0.1) is 5.41 Å². The lowest BCUT2D eigenvalue weighted by Gasteiger charge is -2.41. The molecule has 0 unspecified atom stereocenters. The number of piperidine rings is 1. The van der Waals surface area contributed by atoms with Crippen molar-refractivity contribution in [3.63, 3.8) is 0 Å². The number of nitrogens with zero attached hydrogens (tertiary/aromatic N) is 5. The number of pyridine rings is 1. The lowest BCUT2D eigenvalue weighted by Crippen LogP contribution is -2.51. The van der Waals surface area contributed by atoms with E-state index in [9.17, 15) is 9.59 Å². The minimum atomic E-state index is -0.286. The number of nitrogens with one attached hydrogen (secondary N) is 1. The summed E-state index contributed by atoms with van der Waals surface area (Å²) in [7, 11) is 0. The molecule has 4 heterocycles. The SMILES string of the molecule is CC(=O)N1C[C@H]2CN(C(=O)c3ccncc3)CC[C@@]2(c2n[nH]c(C)n2)C1. The van der Waals surface area contributed by atoms with Gasteiger partial charge in [0.2, 0.25) is 5.91 Å². The number of fused-ring (bicyclic) bond motifs is 1. The molecule has 4 rings (SSSR count). The van der Waals surface area contributed by atoms with Crippen LogP contribution in [0.5, 0.6) is 0 Å². The molecule has 2 aliphatic heterocycles. The number of aromatic nitrogens is 4. The summed E-state index contributed by atoms with van der Waals surface area (Å²) in [5, 5.41) is 7.33. The Bertz CT molecular complexity index is 835. The average molecular weight is 354 g/mol. The quantitative estimate of drug-likeness (QED) is 0.859. The Kier molecular flexibility index (Phi) is 3.97. The summed E-state index contributed by atoms with van der Waals surface area (Å²) in [6.07, 6.45) is 4.01. The number of hydrogen-bond acceptors (Lipinski definition) is 5. The standard InChI is InChI=1S/C18H22N6O2/c1-12-20-17(22-21-12)18-5-8-23(16(26)14-3-6-19-7-4-14)9-15(18)10-24(11-18)13(2)25/h3-4,6-7,15H,5,8-11H2,1-2H3,(H,20,21,22)/t15-,18-/m1/s1. The number of aryl methyl sites for hydroxylation is 1. The number of aromatic amines is 1. The first-order valence-electron chi connectivity index (χ1n) is 8.84. The first kappa shape index (κ1) is 16.7. The van der Waals surface area contributed by atoms with Gasteiger partial charge in [-0.1, -0.05) is 0 Å². The summed E-state index contributed by atoms with van der Waals surface area (Å²) in [5.74, 6) is 1.72. The molecule has 0 aromatic carbocycles. The molecule has 2 aromatic rings. The molecule has 136 valence electrons. The number of likely N-dealkylation sites (tertiary alicyclic amines) is 2. The molecule has 2 atom stereocenters. The van der Waals surface area contributed by atoms with Crippen LogP contribution in [0.2, 0.25) is 0 Å². The van der Waals surface area contributed by atoms with E-state index >= 15 is 0 Å². The predicted molar refractivity (Wildman–Crippen MR) is 93.3 cm³/mol. The number of amides is 2. The van der Waals surface area contributed by atoms with Crippen molar-refractivity contribution in [3.05, 3.63) is 41.7 Å².